The van der Waals surface area contributed by atoms with Gasteiger partial charge in [0, 0.05) is 18.7 Å². The third-order valence-corrected chi connectivity index (χ3v) is 7.39. The van der Waals surface area contributed by atoms with Crippen LogP contribution in [0.5, 0.6) is 0 Å². The van der Waals surface area contributed by atoms with Crippen LogP contribution in [-0.2, 0) is 45.6 Å². The zero-order valence-electron chi connectivity index (χ0n) is 20.4. The Labute approximate surface area is 209 Å². The molecule has 36 heavy (non-hydrogen) atoms. The lowest BCUT2D eigenvalue weighted by molar-refractivity contribution is -0.236. The number of nitrogens with zero attached hydrogens (tertiary/aromatic N) is 2. The van der Waals surface area contributed by atoms with Crippen LogP contribution in [-0.4, -0.2) is 85.2 Å². The van der Waals surface area contributed by atoms with Crippen molar-refractivity contribution in [1.29, 1.82) is 0 Å². The first-order chi connectivity index (χ1) is 17.4. The molecule has 0 aliphatic carbocycles. The first kappa shape index (κ1) is 23.6. The van der Waals surface area contributed by atoms with Crippen molar-refractivity contribution in [3.8, 4) is 0 Å². The van der Waals surface area contributed by atoms with Crippen molar-refractivity contribution in [2.45, 2.75) is 49.5 Å². The van der Waals surface area contributed by atoms with Crippen LogP contribution in [0.4, 0.5) is 0 Å². The Hall–Kier alpha value is -2.82. The Balaban J connectivity index is 1.27. The maximum absolute atomic E-state index is 13.9. The predicted molar refractivity (Wildman–Crippen MR) is 126 cm³/mol. The summed E-state index contributed by atoms with van der Waals surface area (Å²) in [5.41, 5.74) is 1.18. The molecule has 0 radical (unpaired) electrons. The quantitative estimate of drug-likeness (QED) is 0.580. The van der Waals surface area contributed by atoms with Crippen LogP contribution < -0.4 is 0 Å². The number of rotatable bonds is 5. The zero-order valence-corrected chi connectivity index (χ0v) is 20.4. The summed E-state index contributed by atoms with van der Waals surface area (Å²) < 4.78 is 29.5. The molecular formula is C27H30N2O7. The van der Waals surface area contributed by atoms with E-state index in [4.69, 9.17) is 23.7 Å². The average Bonchev–Trinajstić information content (AvgIpc) is 3.32. The number of hydrogen-bond acceptors (Lipinski definition) is 8. The van der Waals surface area contributed by atoms with E-state index in [-0.39, 0.29) is 19.0 Å². The van der Waals surface area contributed by atoms with Crippen LogP contribution in [0.1, 0.15) is 18.1 Å². The van der Waals surface area contributed by atoms with Crippen LogP contribution in [0.3, 0.4) is 0 Å². The van der Waals surface area contributed by atoms with E-state index >= 15 is 0 Å². The standard InChI is InChI=1S/C27H30N2O7/c1-26-16-28(13-18-9-5-3-6-10-18)17-27(36-26,19-11-7-4-8-12-19)35-23(26)24(30)29-14-20-22(25(31)32-2)34-21(15-29)33-20/h3-12,20-23H,13-17H2,1-2H3/t20-,21-,22-,23+,26-,27-/m1/s1. The van der Waals surface area contributed by atoms with Crippen molar-refractivity contribution < 1.29 is 33.3 Å². The molecule has 0 saturated carbocycles. The summed E-state index contributed by atoms with van der Waals surface area (Å²) in [6, 6.07) is 20.0. The minimum atomic E-state index is -1.07. The molecule has 6 rings (SSSR count). The van der Waals surface area contributed by atoms with Crippen molar-refractivity contribution in [1.82, 2.24) is 9.80 Å². The van der Waals surface area contributed by atoms with E-state index in [9.17, 15) is 9.59 Å². The van der Waals surface area contributed by atoms with E-state index in [1.54, 1.807) is 4.90 Å². The Bertz CT molecular complexity index is 1130. The SMILES string of the molecule is COC(=O)[C@@H]1O[C@@H]2CN(C(=O)[C@@H]3O[C@]4(c5ccccc5)CN(Cc5ccccc5)C[C@@]3(C)O4)C[C@H]1O2. The Kier molecular flexibility index (Phi) is 5.85. The lowest BCUT2D eigenvalue weighted by Gasteiger charge is -2.43. The Morgan fingerprint density at radius 1 is 1.00 bits per heavy atom. The highest BCUT2D eigenvalue weighted by molar-refractivity contribution is 5.83. The fourth-order valence-electron chi connectivity index (χ4n) is 5.84. The number of ether oxygens (including phenoxy) is 5. The van der Waals surface area contributed by atoms with E-state index in [0.29, 0.717) is 13.1 Å². The van der Waals surface area contributed by atoms with Crippen LogP contribution in [0.25, 0.3) is 0 Å². The van der Waals surface area contributed by atoms with Crippen molar-refractivity contribution in [3.05, 3.63) is 71.8 Å². The summed E-state index contributed by atoms with van der Waals surface area (Å²) in [6.07, 6.45) is -2.92. The largest absolute Gasteiger partial charge is 0.467 e. The normalized spacial score (nSPS) is 35.6. The summed E-state index contributed by atoms with van der Waals surface area (Å²) in [5.74, 6) is -1.76. The van der Waals surface area contributed by atoms with Gasteiger partial charge in [-0.1, -0.05) is 60.7 Å². The number of esters is 1. The molecule has 190 valence electrons. The van der Waals surface area contributed by atoms with Gasteiger partial charge >= 0.3 is 5.97 Å². The minimum absolute atomic E-state index is 0.190. The molecule has 4 heterocycles. The number of benzene rings is 2. The monoisotopic (exact) mass is 494 g/mol. The van der Waals surface area contributed by atoms with Gasteiger partial charge in [0.15, 0.2) is 18.5 Å². The molecule has 4 aliphatic rings. The Morgan fingerprint density at radius 2 is 1.72 bits per heavy atom. The highest BCUT2D eigenvalue weighted by Gasteiger charge is 2.63. The lowest BCUT2D eigenvalue weighted by Crippen LogP contribution is -2.59. The molecule has 9 heteroatoms. The smallest absolute Gasteiger partial charge is 0.337 e. The van der Waals surface area contributed by atoms with Gasteiger partial charge in [0.1, 0.15) is 11.7 Å². The first-order valence-corrected chi connectivity index (χ1v) is 12.3. The number of morpholine rings is 2. The van der Waals surface area contributed by atoms with Gasteiger partial charge in [-0.25, -0.2) is 4.79 Å². The van der Waals surface area contributed by atoms with E-state index < -0.39 is 42.0 Å². The molecule has 4 aliphatic heterocycles. The van der Waals surface area contributed by atoms with E-state index in [1.807, 2.05) is 55.5 Å². The average molecular weight is 495 g/mol. The van der Waals surface area contributed by atoms with E-state index in [2.05, 4.69) is 17.0 Å². The second kappa shape index (κ2) is 8.93. The van der Waals surface area contributed by atoms with Gasteiger partial charge in [-0.05, 0) is 12.5 Å². The van der Waals surface area contributed by atoms with Crippen molar-refractivity contribution >= 4 is 11.9 Å². The molecule has 2 aromatic rings. The molecule has 4 fully saturated rings. The zero-order chi connectivity index (χ0) is 24.9. The molecule has 4 bridgehead atoms. The van der Waals surface area contributed by atoms with Gasteiger partial charge in [0.05, 0.1) is 26.7 Å². The summed E-state index contributed by atoms with van der Waals surface area (Å²) in [7, 11) is 1.31. The molecule has 0 spiro atoms. The van der Waals surface area contributed by atoms with Crippen molar-refractivity contribution in [3.63, 3.8) is 0 Å². The molecule has 1 amide bonds. The molecule has 2 aromatic carbocycles. The maximum Gasteiger partial charge on any atom is 0.337 e. The summed E-state index contributed by atoms with van der Waals surface area (Å²) >= 11 is 0. The van der Waals surface area contributed by atoms with Gasteiger partial charge in [0.2, 0.25) is 5.79 Å². The second-order valence-corrected chi connectivity index (χ2v) is 10.1. The van der Waals surface area contributed by atoms with Crippen molar-refractivity contribution in [2.24, 2.45) is 0 Å². The van der Waals surface area contributed by atoms with E-state index in [1.165, 1.54) is 12.7 Å². The number of amides is 1. The Morgan fingerprint density at radius 3 is 2.44 bits per heavy atom. The molecule has 4 saturated heterocycles. The number of fused-ring (bicyclic) bond motifs is 4. The number of carbonyl (C=O) groups is 2. The van der Waals surface area contributed by atoms with Crippen LogP contribution in [0.2, 0.25) is 0 Å². The summed E-state index contributed by atoms with van der Waals surface area (Å²) in [6.45, 7) is 4.12. The maximum atomic E-state index is 13.9. The third kappa shape index (κ3) is 4.01. The van der Waals surface area contributed by atoms with Gasteiger partial charge in [0.25, 0.3) is 5.91 Å². The molecule has 0 aromatic heterocycles. The highest BCUT2D eigenvalue weighted by Crippen LogP contribution is 2.48. The molecule has 9 nitrogen and oxygen atoms in total. The molecular weight excluding hydrogens is 464 g/mol. The van der Waals surface area contributed by atoms with E-state index in [0.717, 1.165) is 12.1 Å². The van der Waals surface area contributed by atoms with Gasteiger partial charge in [-0.3, -0.25) is 9.69 Å². The van der Waals surface area contributed by atoms with Crippen LogP contribution in [0, 0.1) is 0 Å². The van der Waals surface area contributed by atoms with Gasteiger partial charge in [-0.2, -0.15) is 0 Å². The number of carbonyl (C=O) groups excluding carboxylic acids is 2. The molecule has 6 atom stereocenters. The fraction of sp³-hybridized carbons (Fsp3) is 0.481. The fourth-order valence-corrected chi connectivity index (χ4v) is 5.84. The van der Waals surface area contributed by atoms with Crippen molar-refractivity contribution in [2.75, 3.05) is 33.3 Å². The van der Waals surface area contributed by atoms with Gasteiger partial charge < -0.3 is 28.6 Å². The minimum Gasteiger partial charge on any atom is -0.467 e. The summed E-state index contributed by atoms with van der Waals surface area (Å²) in [5, 5.41) is 0. The topological polar surface area (TPSA) is 86.8 Å². The van der Waals surface area contributed by atoms with Crippen LogP contribution in [0.15, 0.2) is 60.7 Å². The lowest BCUT2D eigenvalue weighted by atomic mass is 9.94. The highest BCUT2D eigenvalue weighted by atomic mass is 16.8. The molecule has 0 N–H and O–H groups in total. The number of hydrogen-bond donors (Lipinski definition) is 0. The summed E-state index contributed by atoms with van der Waals surface area (Å²) in [4.78, 5) is 30.0. The predicted octanol–water partition coefficient (Wildman–Crippen LogP) is 1.65. The molecule has 0 unspecified atom stereocenters. The van der Waals surface area contributed by atoms with Crippen LogP contribution >= 0.6 is 0 Å². The second-order valence-electron chi connectivity index (χ2n) is 10.1. The first-order valence-electron chi connectivity index (χ1n) is 12.3. The number of methoxy groups -OCH3 is 1. The third-order valence-electron chi connectivity index (χ3n) is 7.39. The van der Waals surface area contributed by atoms with Gasteiger partial charge in [-0.15, -0.1) is 0 Å².